The van der Waals surface area contributed by atoms with E-state index in [1.807, 2.05) is 30.1 Å². The van der Waals surface area contributed by atoms with Crippen LogP contribution in [0.2, 0.25) is 0 Å². The summed E-state index contributed by atoms with van der Waals surface area (Å²) in [6, 6.07) is 8.46. The van der Waals surface area contributed by atoms with Crippen molar-refractivity contribution in [3.05, 3.63) is 48.3 Å². The highest BCUT2D eigenvalue weighted by Gasteiger charge is 2.03. The van der Waals surface area contributed by atoms with Crippen LogP contribution in [0.15, 0.2) is 42.7 Å². The highest BCUT2D eigenvalue weighted by atomic mass is 19.3. The monoisotopic (exact) mass is 252 g/mol. The molecule has 0 aliphatic rings. The Bertz CT molecular complexity index is 494. The first kappa shape index (κ1) is 12.4. The summed E-state index contributed by atoms with van der Waals surface area (Å²) < 4.78 is 30.1. The Balaban J connectivity index is 1.90. The fraction of sp³-hybridized carbons (Fsp3) is 0.231. The lowest BCUT2D eigenvalue weighted by Crippen LogP contribution is -2.02. The van der Waals surface area contributed by atoms with Crippen LogP contribution in [-0.4, -0.2) is 11.2 Å². The third-order valence-electron chi connectivity index (χ3n) is 2.47. The highest BCUT2D eigenvalue weighted by molar-refractivity contribution is 5.46. The highest BCUT2D eigenvalue weighted by Crippen LogP contribution is 2.18. The topological polar surface area (TPSA) is 26.2 Å². The van der Waals surface area contributed by atoms with Gasteiger partial charge in [-0.2, -0.15) is 8.78 Å². The molecule has 1 aromatic carbocycles. The van der Waals surface area contributed by atoms with Gasteiger partial charge in [-0.05, 0) is 35.9 Å². The van der Waals surface area contributed by atoms with Gasteiger partial charge in [-0.1, -0.05) is 0 Å². The normalized spacial score (nSPS) is 10.7. The molecular formula is C13H14F2N2O. The lowest BCUT2D eigenvalue weighted by Gasteiger charge is -2.07. The number of halogens is 2. The van der Waals surface area contributed by atoms with Crippen LogP contribution in [0.5, 0.6) is 5.75 Å². The van der Waals surface area contributed by atoms with E-state index >= 15 is 0 Å². The van der Waals surface area contributed by atoms with E-state index < -0.39 is 6.61 Å². The maximum atomic E-state index is 12.0. The van der Waals surface area contributed by atoms with E-state index in [0.717, 1.165) is 11.3 Å². The average molecular weight is 252 g/mol. The van der Waals surface area contributed by atoms with Gasteiger partial charge in [0.2, 0.25) is 0 Å². The SMILES string of the molecule is Cn1ccc(CNc2ccc(OC(F)F)cc2)c1. The minimum absolute atomic E-state index is 0.162. The quantitative estimate of drug-likeness (QED) is 0.884. The van der Waals surface area contributed by atoms with Crippen LogP contribution in [0.1, 0.15) is 5.56 Å². The van der Waals surface area contributed by atoms with E-state index in [4.69, 9.17) is 0 Å². The molecule has 0 amide bonds. The average Bonchev–Trinajstić information content (AvgIpc) is 2.74. The Kier molecular flexibility index (Phi) is 3.82. The predicted octanol–water partition coefficient (Wildman–Crippen LogP) is 3.24. The van der Waals surface area contributed by atoms with E-state index in [2.05, 4.69) is 10.1 Å². The number of hydrogen-bond acceptors (Lipinski definition) is 2. The minimum atomic E-state index is -2.78. The third kappa shape index (κ3) is 3.48. The Morgan fingerprint density at radius 2 is 1.94 bits per heavy atom. The van der Waals surface area contributed by atoms with Crippen molar-refractivity contribution in [3.63, 3.8) is 0 Å². The smallest absolute Gasteiger partial charge is 0.387 e. The molecule has 3 nitrogen and oxygen atoms in total. The molecule has 0 saturated carbocycles. The maximum absolute atomic E-state index is 12.0. The molecule has 2 rings (SSSR count). The first-order valence-corrected chi connectivity index (χ1v) is 5.53. The summed E-state index contributed by atoms with van der Waals surface area (Å²) >= 11 is 0. The summed E-state index contributed by atoms with van der Waals surface area (Å²) in [5, 5.41) is 3.20. The largest absolute Gasteiger partial charge is 0.435 e. The van der Waals surface area contributed by atoms with Crippen LogP contribution < -0.4 is 10.1 Å². The second-order valence-electron chi connectivity index (χ2n) is 3.94. The lowest BCUT2D eigenvalue weighted by atomic mass is 10.3. The number of alkyl halides is 2. The maximum Gasteiger partial charge on any atom is 0.387 e. The molecule has 0 fully saturated rings. The van der Waals surface area contributed by atoms with Crippen LogP contribution in [0, 0.1) is 0 Å². The zero-order valence-electron chi connectivity index (χ0n) is 9.94. The molecule has 1 heterocycles. The van der Waals surface area contributed by atoms with Crippen LogP contribution >= 0.6 is 0 Å². The number of nitrogens with zero attached hydrogens (tertiary/aromatic N) is 1. The molecule has 0 aliphatic carbocycles. The molecular weight excluding hydrogens is 238 g/mol. The summed E-state index contributed by atoms with van der Waals surface area (Å²) in [4.78, 5) is 0. The molecule has 0 unspecified atom stereocenters. The lowest BCUT2D eigenvalue weighted by molar-refractivity contribution is -0.0498. The molecule has 1 N–H and O–H groups in total. The van der Waals surface area contributed by atoms with Crippen LogP contribution in [-0.2, 0) is 13.6 Å². The van der Waals surface area contributed by atoms with Gasteiger partial charge in [-0.3, -0.25) is 0 Å². The van der Waals surface area contributed by atoms with E-state index in [-0.39, 0.29) is 5.75 Å². The van der Waals surface area contributed by atoms with Crippen molar-refractivity contribution < 1.29 is 13.5 Å². The molecule has 1 aromatic heterocycles. The molecule has 0 saturated heterocycles. The van der Waals surface area contributed by atoms with Crippen molar-refractivity contribution in [1.29, 1.82) is 0 Å². The van der Waals surface area contributed by atoms with Crippen molar-refractivity contribution in [2.75, 3.05) is 5.32 Å². The first-order valence-electron chi connectivity index (χ1n) is 5.53. The number of ether oxygens (including phenoxy) is 1. The molecule has 96 valence electrons. The third-order valence-corrected chi connectivity index (χ3v) is 2.47. The summed E-state index contributed by atoms with van der Waals surface area (Å²) in [5.74, 6) is 0.162. The number of aromatic nitrogens is 1. The summed E-state index contributed by atoms with van der Waals surface area (Å²) in [5.41, 5.74) is 2.02. The Labute approximate surface area is 104 Å². The van der Waals surface area contributed by atoms with Gasteiger partial charge in [-0.15, -0.1) is 0 Å². The zero-order chi connectivity index (χ0) is 13.0. The van der Waals surface area contributed by atoms with Gasteiger partial charge < -0.3 is 14.6 Å². The van der Waals surface area contributed by atoms with Crippen LogP contribution in [0.25, 0.3) is 0 Å². The number of rotatable bonds is 5. The number of anilines is 1. The van der Waals surface area contributed by atoms with Crippen molar-refractivity contribution in [3.8, 4) is 5.75 Å². The molecule has 0 aliphatic heterocycles. The molecule has 18 heavy (non-hydrogen) atoms. The van der Waals surface area contributed by atoms with Gasteiger partial charge in [0.1, 0.15) is 5.75 Å². The van der Waals surface area contributed by atoms with Gasteiger partial charge >= 0.3 is 6.61 Å². The van der Waals surface area contributed by atoms with Crippen molar-refractivity contribution in [1.82, 2.24) is 4.57 Å². The fourth-order valence-electron chi connectivity index (χ4n) is 1.62. The van der Waals surface area contributed by atoms with Gasteiger partial charge in [0.05, 0.1) is 0 Å². The molecule has 0 bridgehead atoms. The van der Waals surface area contributed by atoms with Gasteiger partial charge in [0.25, 0.3) is 0 Å². The zero-order valence-corrected chi connectivity index (χ0v) is 9.94. The number of aryl methyl sites for hydroxylation is 1. The number of hydrogen-bond donors (Lipinski definition) is 1. The predicted molar refractivity (Wildman–Crippen MR) is 65.8 cm³/mol. The molecule has 0 spiro atoms. The molecule has 0 radical (unpaired) electrons. The molecule has 0 atom stereocenters. The summed E-state index contributed by atoms with van der Waals surface area (Å²) in [7, 11) is 1.96. The molecule has 5 heteroatoms. The summed E-state index contributed by atoms with van der Waals surface area (Å²) in [6.07, 6.45) is 3.98. The van der Waals surface area contributed by atoms with Gasteiger partial charge in [-0.25, -0.2) is 0 Å². The van der Waals surface area contributed by atoms with Crippen LogP contribution in [0.3, 0.4) is 0 Å². The van der Waals surface area contributed by atoms with Gasteiger partial charge in [0, 0.05) is 31.7 Å². The Morgan fingerprint density at radius 1 is 1.22 bits per heavy atom. The van der Waals surface area contributed by atoms with Crippen molar-refractivity contribution >= 4 is 5.69 Å². The van der Waals surface area contributed by atoms with E-state index in [1.54, 1.807) is 12.1 Å². The second-order valence-corrected chi connectivity index (χ2v) is 3.94. The standard InChI is InChI=1S/C13H14F2N2O/c1-17-7-6-10(9-17)8-16-11-2-4-12(5-3-11)18-13(14)15/h2-7,9,13,16H,8H2,1H3. The van der Waals surface area contributed by atoms with Gasteiger partial charge in [0.15, 0.2) is 0 Å². The van der Waals surface area contributed by atoms with E-state index in [0.29, 0.717) is 6.54 Å². The fourth-order valence-corrected chi connectivity index (χ4v) is 1.62. The number of nitrogens with one attached hydrogen (secondary N) is 1. The minimum Gasteiger partial charge on any atom is -0.435 e. The Hall–Kier alpha value is -2.04. The molecule has 2 aromatic rings. The van der Waals surface area contributed by atoms with Crippen molar-refractivity contribution in [2.45, 2.75) is 13.2 Å². The first-order chi connectivity index (χ1) is 8.63. The van der Waals surface area contributed by atoms with Crippen molar-refractivity contribution in [2.24, 2.45) is 7.05 Å². The second kappa shape index (κ2) is 5.53. The Morgan fingerprint density at radius 3 is 2.50 bits per heavy atom. The summed E-state index contributed by atoms with van der Waals surface area (Å²) in [6.45, 7) is -2.09. The van der Waals surface area contributed by atoms with E-state index in [9.17, 15) is 8.78 Å². The number of benzene rings is 1. The van der Waals surface area contributed by atoms with E-state index in [1.165, 1.54) is 12.1 Å². The van der Waals surface area contributed by atoms with Crippen LogP contribution in [0.4, 0.5) is 14.5 Å².